The monoisotopic (exact) mass is 971 g/mol. The summed E-state index contributed by atoms with van der Waals surface area (Å²) in [7, 11) is 0.500. The largest absolute Gasteiger partial charge is 0.465 e. The molecule has 0 saturated carbocycles. The Morgan fingerprint density at radius 1 is 0.956 bits per heavy atom. The summed E-state index contributed by atoms with van der Waals surface area (Å²) in [5.41, 5.74) is 8.07. The van der Waals surface area contributed by atoms with Gasteiger partial charge in [-0.25, -0.2) is 15.0 Å². The van der Waals surface area contributed by atoms with Crippen molar-refractivity contribution >= 4 is 113 Å². The molecular weight excluding hydrogens is 950 g/mol. The average molecular weight is 973 g/mol. The van der Waals surface area contributed by atoms with Crippen LogP contribution in [-0.4, -0.2) is 30.2 Å². The molecule has 5 heterocycles. The molecule has 1 spiro atoms. The van der Waals surface area contributed by atoms with Crippen LogP contribution in [0.5, 0.6) is 11.6 Å². The van der Waals surface area contributed by atoms with Crippen LogP contribution in [0.25, 0.3) is 22.1 Å². The highest BCUT2D eigenvalue weighted by molar-refractivity contribution is 14.1. The Labute approximate surface area is 301 Å². The number of amidine groups is 1. The molecule has 3 aromatic heterocycles. The van der Waals surface area contributed by atoms with E-state index in [1.807, 2.05) is 30.3 Å². The van der Waals surface area contributed by atoms with Gasteiger partial charge in [-0.3, -0.25) is 4.79 Å². The molecule has 1 atom stereocenters. The smallest absolute Gasteiger partial charge is 0.351 e. The first-order chi connectivity index (χ1) is 21.1. The molecule has 5 aromatic rings. The molecule has 16 heteroatoms. The van der Waals surface area contributed by atoms with Crippen LogP contribution in [0.1, 0.15) is 25.0 Å². The molecule has 2 aliphatic heterocycles. The minimum Gasteiger partial charge on any atom is -0.465 e. The van der Waals surface area contributed by atoms with Crippen LogP contribution in [0.15, 0.2) is 84.1 Å². The Hall–Kier alpha value is -2.45. The number of hydrogen-bond donors (Lipinski definition) is 1. The van der Waals surface area contributed by atoms with E-state index in [0.717, 1.165) is 33.0 Å². The van der Waals surface area contributed by atoms with Gasteiger partial charge >= 0.3 is 7.56 Å². The van der Waals surface area contributed by atoms with Crippen LogP contribution >= 0.6 is 77.0 Å². The first-order valence-electron chi connectivity index (χ1n) is 12.5. The Morgan fingerprint density at radius 2 is 1.60 bits per heavy atom. The van der Waals surface area contributed by atoms with Gasteiger partial charge in [0, 0.05) is 55.2 Å². The molecule has 45 heavy (non-hydrogen) atoms. The second-order valence-corrected chi connectivity index (χ2v) is 13.3. The standard InChI is InChI=1S/C15H11BrIN3O2.C12H5BrINO2.CH3BF.CH4.F2/c16-8-5-11-13(19-7-8)22-12-2-1-9(17)6-10(12)15(11)3-4-21-14(18)20-15;13-6-3-9-11(16)8-4-7(14)1-2-10(8)17-12(9)15-5-6;1-2-3;;1-2/h1-2,5-7H,3-4H2,(H2,18,20);1-5H;1H3;1H4;. The van der Waals surface area contributed by atoms with Crippen molar-refractivity contribution in [1.82, 2.24) is 9.97 Å². The van der Waals surface area contributed by atoms with E-state index in [1.165, 1.54) is 6.82 Å². The van der Waals surface area contributed by atoms with E-state index in [-0.39, 0.29) is 18.9 Å². The number of nitrogens with two attached hydrogens (primary N) is 1. The molecule has 1 radical (unpaired) electrons. The summed E-state index contributed by atoms with van der Waals surface area (Å²) in [4.78, 5) is 25.4. The van der Waals surface area contributed by atoms with Crippen molar-refractivity contribution in [3.05, 3.63) is 98.4 Å². The van der Waals surface area contributed by atoms with Gasteiger partial charge in [-0.15, -0.1) is 0 Å². The van der Waals surface area contributed by atoms with E-state index >= 15 is 0 Å². The Bertz CT molecular complexity index is 1810. The minimum absolute atomic E-state index is 0. The maximum Gasteiger partial charge on any atom is 0.351 e. The van der Waals surface area contributed by atoms with E-state index in [2.05, 4.69) is 98.1 Å². The van der Waals surface area contributed by atoms with Gasteiger partial charge in [0.1, 0.15) is 16.9 Å². The summed E-state index contributed by atoms with van der Waals surface area (Å²) in [6.45, 7) is 1.84. The Balaban J connectivity index is 0.000000216. The van der Waals surface area contributed by atoms with Gasteiger partial charge in [0.25, 0.3) is 6.02 Å². The number of pyridine rings is 2. The van der Waals surface area contributed by atoms with Crippen LogP contribution < -0.4 is 15.9 Å². The van der Waals surface area contributed by atoms with Crippen molar-refractivity contribution in [3.8, 4) is 11.6 Å². The van der Waals surface area contributed by atoms with E-state index in [4.69, 9.17) is 28.8 Å². The number of aromatic nitrogens is 2. The lowest BCUT2D eigenvalue weighted by molar-refractivity contribution is 0.108. The molecule has 2 aromatic carbocycles. The number of benzene rings is 2. The molecule has 2 N–H and O–H groups in total. The Morgan fingerprint density at radius 3 is 2.31 bits per heavy atom. The molecule has 2 aliphatic rings. The van der Waals surface area contributed by atoms with Gasteiger partial charge in [0.2, 0.25) is 17.0 Å². The van der Waals surface area contributed by atoms with Crippen LogP contribution in [-0.2, 0) is 10.3 Å². The van der Waals surface area contributed by atoms with Crippen molar-refractivity contribution in [2.45, 2.75) is 26.2 Å². The summed E-state index contributed by atoms with van der Waals surface area (Å²) in [5.74, 6) is 1.33. The van der Waals surface area contributed by atoms with E-state index < -0.39 is 5.54 Å². The number of hydrogen-bond acceptors (Lipinski definition) is 8. The minimum atomic E-state index is -0.608. The molecule has 8 nitrogen and oxygen atoms in total. The molecule has 0 bridgehead atoms. The molecular formula is C29H23BBr2F3I2N4O4. The predicted molar refractivity (Wildman–Crippen MR) is 194 cm³/mol. The first kappa shape index (κ1) is 37.0. The third-order valence-electron chi connectivity index (χ3n) is 6.33. The van der Waals surface area contributed by atoms with Crippen molar-refractivity contribution in [3.63, 3.8) is 0 Å². The average Bonchev–Trinajstić information content (AvgIpc) is 3.01. The van der Waals surface area contributed by atoms with Gasteiger partial charge in [-0.2, -0.15) is 0 Å². The summed E-state index contributed by atoms with van der Waals surface area (Å²) < 4.78 is 46.8. The van der Waals surface area contributed by atoms with Gasteiger partial charge < -0.3 is 23.9 Å². The van der Waals surface area contributed by atoms with Gasteiger partial charge in [0.05, 0.1) is 17.4 Å². The van der Waals surface area contributed by atoms with Gasteiger partial charge in [-0.1, -0.05) is 14.2 Å². The fraction of sp³-hybridized carbons (Fsp3) is 0.172. The lowest BCUT2D eigenvalue weighted by Gasteiger charge is -2.38. The normalized spacial score (nSPS) is 15.5. The SMILES string of the molecule is C.C[B]F.FF.NC1=NC2(CCO1)c1cc(I)ccc1Oc1ncc(Br)cc12.O=c1c2cc(I)ccc2oc2ncc(Br)cc12. The van der Waals surface area contributed by atoms with Crippen molar-refractivity contribution in [2.75, 3.05) is 6.61 Å². The summed E-state index contributed by atoms with van der Waals surface area (Å²) >= 11 is 11.2. The molecule has 0 fully saturated rings. The fourth-order valence-corrected chi connectivity index (χ4v) is 6.27. The number of rotatable bonds is 0. The zero-order valence-corrected chi connectivity index (χ0v) is 29.9. The lowest BCUT2D eigenvalue weighted by Crippen LogP contribution is -2.38. The highest BCUT2D eigenvalue weighted by Gasteiger charge is 2.45. The van der Waals surface area contributed by atoms with Gasteiger partial charge in [0.15, 0.2) is 0 Å². The zero-order valence-electron chi connectivity index (χ0n) is 22.5. The molecule has 0 aliphatic carbocycles. The van der Waals surface area contributed by atoms with E-state index in [0.29, 0.717) is 48.5 Å². The fourth-order valence-electron chi connectivity index (χ4n) is 4.63. The van der Waals surface area contributed by atoms with E-state index in [9.17, 15) is 9.11 Å². The van der Waals surface area contributed by atoms with Crippen molar-refractivity contribution in [1.29, 1.82) is 0 Å². The Kier molecular flexibility index (Phi) is 13.5. The quantitative estimate of drug-likeness (QED) is 0.0936. The first-order valence-corrected chi connectivity index (χ1v) is 16.2. The second kappa shape index (κ2) is 16.4. The van der Waals surface area contributed by atoms with Gasteiger partial charge in [-0.05, 0) is 126 Å². The maximum atomic E-state index is 12.3. The molecule has 235 valence electrons. The van der Waals surface area contributed by atoms with Crippen LogP contribution in [0.2, 0.25) is 6.82 Å². The van der Waals surface area contributed by atoms with E-state index in [1.54, 1.807) is 24.5 Å². The summed E-state index contributed by atoms with van der Waals surface area (Å²) in [5, 5.41) is 1.08. The predicted octanol–water partition coefficient (Wildman–Crippen LogP) is 9.34. The highest BCUT2D eigenvalue weighted by Crippen LogP contribution is 2.51. The number of aliphatic imine (C=N–C) groups is 1. The number of ether oxygens (including phenoxy) is 2. The highest BCUT2D eigenvalue weighted by atomic mass is 127. The van der Waals surface area contributed by atoms with Crippen LogP contribution in [0.3, 0.4) is 0 Å². The van der Waals surface area contributed by atoms with Crippen LogP contribution in [0, 0.1) is 7.14 Å². The molecule has 1 unspecified atom stereocenters. The van der Waals surface area contributed by atoms with Crippen molar-refractivity contribution in [2.24, 2.45) is 10.7 Å². The molecule has 0 saturated heterocycles. The number of halogens is 7. The number of nitrogens with zero attached hydrogens (tertiary/aromatic N) is 3. The maximum absolute atomic E-state index is 12.3. The third-order valence-corrected chi connectivity index (χ3v) is 8.54. The summed E-state index contributed by atoms with van der Waals surface area (Å²) in [6, 6.07) is 15.5. The second-order valence-electron chi connectivity index (χ2n) is 8.95. The van der Waals surface area contributed by atoms with Crippen molar-refractivity contribution < 1.29 is 27.4 Å². The number of fused-ring (bicyclic) bond motifs is 6. The van der Waals surface area contributed by atoms with Crippen LogP contribution in [0.4, 0.5) is 13.5 Å². The molecule has 7 rings (SSSR count). The summed E-state index contributed by atoms with van der Waals surface area (Å²) in [6.07, 6.45) is 4.02. The zero-order chi connectivity index (χ0) is 32.0. The lowest BCUT2D eigenvalue weighted by atomic mass is 9.79. The topological polar surface area (TPSA) is 113 Å². The third kappa shape index (κ3) is 8.11. The molecule has 0 amide bonds.